The van der Waals surface area contributed by atoms with Crippen LogP contribution in [0.1, 0.15) is 12.0 Å². The predicted molar refractivity (Wildman–Crippen MR) is 59.1 cm³/mol. The minimum absolute atomic E-state index is 0.104. The molecule has 1 aromatic rings. The molecule has 0 aromatic heterocycles. The van der Waals surface area contributed by atoms with Gasteiger partial charge in [-0.25, -0.2) is 0 Å². The van der Waals surface area contributed by atoms with Crippen LogP contribution in [0, 0.1) is 11.3 Å². The average molecular weight is 237 g/mol. The molecule has 1 unspecified atom stereocenters. The normalized spacial score (nSPS) is 19.9. The first kappa shape index (κ1) is 10.9. The summed E-state index contributed by atoms with van der Waals surface area (Å²) in [5, 5.41) is 18.5. The molecule has 0 radical (unpaired) electrons. The second-order valence-electron chi connectivity index (χ2n) is 3.64. The van der Waals surface area contributed by atoms with Gasteiger partial charge in [0.25, 0.3) is 0 Å². The number of carbonyl (C=O) groups excluding carboxylic acids is 1. The summed E-state index contributed by atoms with van der Waals surface area (Å²) in [7, 11) is 0. The Morgan fingerprint density at radius 2 is 2.31 bits per heavy atom. The van der Waals surface area contributed by atoms with E-state index in [0.29, 0.717) is 16.3 Å². The van der Waals surface area contributed by atoms with Crippen molar-refractivity contribution < 1.29 is 9.90 Å². The van der Waals surface area contributed by atoms with Crippen molar-refractivity contribution in [2.24, 2.45) is 0 Å². The smallest absolute Gasteiger partial charge is 0.229 e. The van der Waals surface area contributed by atoms with Crippen molar-refractivity contribution in [3.63, 3.8) is 0 Å². The molecule has 0 spiro atoms. The number of aliphatic hydroxyl groups is 1. The van der Waals surface area contributed by atoms with Gasteiger partial charge in [0, 0.05) is 0 Å². The van der Waals surface area contributed by atoms with Crippen molar-refractivity contribution >= 4 is 23.2 Å². The maximum Gasteiger partial charge on any atom is 0.229 e. The Hall–Kier alpha value is -1.57. The molecule has 1 amide bonds. The zero-order valence-corrected chi connectivity index (χ0v) is 9.11. The Morgan fingerprint density at radius 3 is 2.88 bits per heavy atom. The fraction of sp³-hybridized carbons (Fsp3) is 0.273. The fourth-order valence-electron chi connectivity index (χ4n) is 1.71. The number of carbonyl (C=O) groups is 1. The van der Waals surface area contributed by atoms with Gasteiger partial charge in [-0.1, -0.05) is 11.6 Å². The highest BCUT2D eigenvalue weighted by Gasteiger charge is 2.30. The number of hydrogen-bond donors (Lipinski definition) is 1. The van der Waals surface area contributed by atoms with Crippen molar-refractivity contribution in [1.29, 1.82) is 5.26 Å². The van der Waals surface area contributed by atoms with E-state index in [0.717, 1.165) is 0 Å². The van der Waals surface area contributed by atoms with E-state index in [2.05, 4.69) is 0 Å². The lowest BCUT2D eigenvalue weighted by Gasteiger charge is -2.17. The number of amides is 1. The van der Waals surface area contributed by atoms with Crippen LogP contribution in [-0.4, -0.2) is 23.7 Å². The number of halogens is 1. The highest BCUT2D eigenvalue weighted by atomic mass is 35.5. The van der Waals surface area contributed by atoms with Gasteiger partial charge in [0.1, 0.15) is 0 Å². The number of nitrogens with zero attached hydrogens (tertiary/aromatic N) is 2. The lowest BCUT2D eigenvalue weighted by atomic mass is 10.2. The molecule has 82 valence electrons. The van der Waals surface area contributed by atoms with Crippen LogP contribution in [0.25, 0.3) is 0 Å². The van der Waals surface area contributed by atoms with Crippen LogP contribution in [0.5, 0.6) is 0 Å². The van der Waals surface area contributed by atoms with E-state index >= 15 is 0 Å². The highest BCUT2D eigenvalue weighted by molar-refractivity contribution is 6.34. The SMILES string of the molecule is N#Cc1ccc(Cl)c(N2CC(O)CC2=O)c1. The van der Waals surface area contributed by atoms with Crippen LogP contribution < -0.4 is 4.90 Å². The van der Waals surface area contributed by atoms with E-state index < -0.39 is 6.10 Å². The molecule has 1 heterocycles. The van der Waals surface area contributed by atoms with Gasteiger partial charge in [0.2, 0.25) is 5.91 Å². The molecule has 1 atom stereocenters. The molecule has 1 aliphatic rings. The van der Waals surface area contributed by atoms with Crippen LogP contribution in [0.3, 0.4) is 0 Å². The molecule has 4 nitrogen and oxygen atoms in total. The number of nitriles is 1. The third kappa shape index (κ3) is 1.87. The summed E-state index contributed by atoms with van der Waals surface area (Å²) in [5.41, 5.74) is 0.927. The fourth-order valence-corrected chi connectivity index (χ4v) is 1.93. The Morgan fingerprint density at radius 1 is 1.56 bits per heavy atom. The van der Waals surface area contributed by atoms with Crippen molar-refractivity contribution in [1.82, 2.24) is 0 Å². The molecule has 5 heteroatoms. The molecule has 0 saturated carbocycles. The van der Waals surface area contributed by atoms with E-state index in [1.807, 2.05) is 6.07 Å². The van der Waals surface area contributed by atoms with Gasteiger partial charge in [-0.05, 0) is 18.2 Å². The molecule has 1 aliphatic heterocycles. The molecule has 2 rings (SSSR count). The van der Waals surface area contributed by atoms with E-state index in [-0.39, 0.29) is 18.9 Å². The summed E-state index contributed by atoms with van der Waals surface area (Å²) in [6, 6.07) is 6.70. The van der Waals surface area contributed by atoms with Gasteiger partial charge in [0.15, 0.2) is 0 Å². The number of anilines is 1. The molecule has 1 saturated heterocycles. The summed E-state index contributed by atoms with van der Waals surface area (Å²) in [5.74, 6) is -0.176. The quantitative estimate of drug-likeness (QED) is 0.800. The monoisotopic (exact) mass is 236 g/mol. The molecule has 1 aromatic carbocycles. The Kier molecular flexibility index (Phi) is 2.82. The maximum atomic E-state index is 11.6. The summed E-state index contributed by atoms with van der Waals surface area (Å²) in [6.07, 6.45) is -0.554. The topological polar surface area (TPSA) is 64.3 Å². The Labute approximate surface area is 97.7 Å². The number of aliphatic hydroxyl groups excluding tert-OH is 1. The standard InChI is InChI=1S/C11H9ClN2O2/c12-9-2-1-7(5-13)3-10(9)14-6-8(15)4-11(14)16/h1-3,8,15H,4,6H2. The van der Waals surface area contributed by atoms with E-state index in [1.54, 1.807) is 18.2 Å². The van der Waals surface area contributed by atoms with Gasteiger partial charge >= 0.3 is 0 Å². The Balaban J connectivity index is 2.40. The second kappa shape index (κ2) is 4.12. The Bertz CT molecular complexity index is 481. The summed E-state index contributed by atoms with van der Waals surface area (Å²) >= 11 is 5.96. The van der Waals surface area contributed by atoms with Gasteiger partial charge in [-0.2, -0.15) is 5.26 Å². The lowest BCUT2D eigenvalue weighted by Crippen LogP contribution is -2.25. The number of rotatable bonds is 1. The van der Waals surface area contributed by atoms with Crippen LogP contribution in [0.15, 0.2) is 18.2 Å². The maximum absolute atomic E-state index is 11.6. The third-order valence-corrected chi connectivity index (χ3v) is 2.79. The van der Waals surface area contributed by atoms with Crippen LogP contribution in [0.2, 0.25) is 5.02 Å². The second-order valence-corrected chi connectivity index (χ2v) is 4.05. The molecular formula is C11H9ClN2O2. The number of β-amino-alcohol motifs (C(OH)–C–C–N with tert-alkyl or cyclic N) is 1. The van der Waals surface area contributed by atoms with Crippen molar-refractivity contribution in [2.75, 3.05) is 11.4 Å². The van der Waals surface area contributed by atoms with Crippen LogP contribution >= 0.6 is 11.6 Å². The zero-order valence-electron chi connectivity index (χ0n) is 8.35. The first-order valence-corrected chi connectivity index (χ1v) is 5.17. The van der Waals surface area contributed by atoms with Gasteiger partial charge < -0.3 is 10.0 Å². The lowest BCUT2D eigenvalue weighted by molar-refractivity contribution is -0.117. The highest BCUT2D eigenvalue weighted by Crippen LogP contribution is 2.30. The van der Waals surface area contributed by atoms with Gasteiger partial charge in [-0.3, -0.25) is 4.79 Å². The van der Waals surface area contributed by atoms with E-state index in [1.165, 1.54) is 4.90 Å². The predicted octanol–water partition coefficient (Wildman–Crippen LogP) is 1.31. The average Bonchev–Trinajstić information content (AvgIpc) is 2.58. The molecule has 0 aliphatic carbocycles. The minimum atomic E-state index is -0.658. The first-order valence-electron chi connectivity index (χ1n) is 4.80. The van der Waals surface area contributed by atoms with Crippen LogP contribution in [-0.2, 0) is 4.79 Å². The van der Waals surface area contributed by atoms with E-state index in [9.17, 15) is 9.90 Å². The van der Waals surface area contributed by atoms with Crippen molar-refractivity contribution in [2.45, 2.75) is 12.5 Å². The van der Waals surface area contributed by atoms with Crippen molar-refractivity contribution in [3.8, 4) is 6.07 Å². The van der Waals surface area contributed by atoms with Gasteiger partial charge in [0.05, 0.1) is 41.4 Å². The molecule has 1 fully saturated rings. The summed E-state index contributed by atoms with van der Waals surface area (Å²) < 4.78 is 0. The third-order valence-electron chi connectivity index (χ3n) is 2.47. The summed E-state index contributed by atoms with van der Waals surface area (Å²) in [4.78, 5) is 13.0. The molecular weight excluding hydrogens is 228 g/mol. The molecule has 0 bridgehead atoms. The summed E-state index contributed by atoms with van der Waals surface area (Å²) in [6.45, 7) is 0.230. The zero-order chi connectivity index (χ0) is 11.7. The molecule has 1 N–H and O–H groups in total. The van der Waals surface area contributed by atoms with Crippen LogP contribution in [0.4, 0.5) is 5.69 Å². The number of benzene rings is 1. The van der Waals surface area contributed by atoms with Gasteiger partial charge in [-0.15, -0.1) is 0 Å². The van der Waals surface area contributed by atoms with Crippen molar-refractivity contribution in [3.05, 3.63) is 28.8 Å². The largest absolute Gasteiger partial charge is 0.391 e. The minimum Gasteiger partial charge on any atom is -0.391 e. The first-order chi connectivity index (χ1) is 7.61. The number of hydrogen-bond acceptors (Lipinski definition) is 3. The molecule has 16 heavy (non-hydrogen) atoms. The van der Waals surface area contributed by atoms with E-state index in [4.69, 9.17) is 16.9 Å².